The zero-order chi connectivity index (χ0) is 18.4. The molecule has 0 spiro atoms. The molecule has 0 radical (unpaired) electrons. The maximum atomic E-state index is 5.49. The van der Waals surface area contributed by atoms with E-state index in [4.69, 9.17) is 26.4 Å². The molecular formula is C20H14N4O2S. The summed E-state index contributed by atoms with van der Waals surface area (Å²) in [7, 11) is 1.65. The van der Waals surface area contributed by atoms with E-state index in [9.17, 15) is 0 Å². The smallest absolute Gasteiger partial charge is 0.284 e. The van der Waals surface area contributed by atoms with Gasteiger partial charge in [-0.2, -0.15) is 0 Å². The standard InChI is InChI=1S/C20H14N4O2S/c1-25-12-8-6-11(7-9-12)17-18-14(13-4-2-3-5-15(13)21-18)10-16(22-17)19-23-24-20(27)26-19/h2-10,21H,1H3,(H,24,27). The number of fused-ring (bicyclic) bond motifs is 3. The van der Waals surface area contributed by atoms with E-state index in [1.54, 1.807) is 7.11 Å². The predicted molar refractivity (Wildman–Crippen MR) is 106 cm³/mol. The summed E-state index contributed by atoms with van der Waals surface area (Å²) in [6.07, 6.45) is 0. The molecule has 132 valence electrons. The first-order valence-electron chi connectivity index (χ1n) is 8.35. The number of aromatic nitrogens is 4. The van der Waals surface area contributed by atoms with Crippen LogP contribution < -0.4 is 4.74 Å². The van der Waals surface area contributed by atoms with E-state index < -0.39 is 0 Å². The second-order valence-electron chi connectivity index (χ2n) is 6.10. The van der Waals surface area contributed by atoms with Crippen molar-refractivity contribution in [2.24, 2.45) is 0 Å². The normalized spacial score (nSPS) is 11.3. The molecule has 2 aromatic carbocycles. The van der Waals surface area contributed by atoms with Gasteiger partial charge in [-0.3, -0.25) is 0 Å². The average Bonchev–Trinajstić information content (AvgIpc) is 3.31. The van der Waals surface area contributed by atoms with Crippen molar-refractivity contribution in [2.75, 3.05) is 7.11 Å². The highest BCUT2D eigenvalue weighted by molar-refractivity contribution is 7.71. The molecule has 0 saturated carbocycles. The lowest BCUT2D eigenvalue weighted by molar-refractivity contribution is 0.415. The maximum absolute atomic E-state index is 5.49. The highest BCUT2D eigenvalue weighted by Crippen LogP contribution is 2.35. The number of para-hydroxylation sites is 1. The first-order valence-corrected chi connectivity index (χ1v) is 8.75. The predicted octanol–water partition coefficient (Wildman–Crippen LogP) is 5.10. The Morgan fingerprint density at radius 3 is 2.59 bits per heavy atom. The lowest BCUT2D eigenvalue weighted by Crippen LogP contribution is -1.91. The molecule has 5 aromatic rings. The van der Waals surface area contributed by atoms with Crippen LogP contribution in [-0.2, 0) is 0 Å². The van der Waals surface area contributed by atoms with Crippen molar-refractivity contribution in [2.45, 2.75) is 0 Å². The third kappa shape index (κ3) is 2.60. The molecule has 0 aliphatic carbocycles. The summed E-state index contributed by atoms with van der Waals surface area (Å²) in [4.78, 5) is 8.51. The number of pyridine rings is 1. The van der Waals surface area contributed by atoms with Crippen LogP contribution in [-0.4, -0.2) is 27.3 Å². The summed E-state index contributed by atoms with van der Waals surface area (Å²) < 4.78 is 10.8. The van der Waals surface area contributed by atoms with Gasteiger partial charge < -0.3 is 14.1 Å². The molecule has 0 aliphatic rings. The third-order valence-corrected chi connectivity index (χ3v) is 4.69. The van der Waals surface area contributed by atoms with Gasteiger partial charge in [-0.25, -0.2) is 10.1 Å². The SMILES string of the molecule is COc1ccc(-c2nc(-c3n[nH]c(=S)o3)cc3c2[nH]c2ccccc23)cc1. The van der Waals surface area contributed by atoms with Crippen LogP contribution in [0.25, 0.3) is 44.6 Å². The number of benzene rings is 2. The van der Waals surface area contributed by atoms with Gasteiger partial charge in [0.05, 0.1) is 18.3 Å². The van der Waals surface area contributed by atoms with Gasteiger partial charge in [0.1, 0.15) is 11.4 Å². The zero-order valence-corrected chi connectivity index (χ0v) is 15.1. The molecule has 0 saturated heterocycles. The number of ether oxygens (including phenoxy) is 1. The fraction of sp³-hybridized carbons (Fsp3) is 0.0500. The molecule has 0 amide bonds. The minimum Gasteiger partial charge on any atom is -0.497 e. The lowest BCUT2D eigenvalue weighted by Gasteiger charge is -2.06. The van der Waals surface area contributed by atoms with Gasteiger partial charge in [0.25, 0.3) is 10.7 Å². The van der Waals surface area contributed by atoms with E-state index in [-0.39, 0.29) is 4.84 Å². The molecule has 3 aromatic heterocycles. The molecule has 27 heavy (non-hydrogen) atoms. The van der Waals surface area contributed by atoms with E-state index in [0.717, 1.165) is 38.8 Å². The maximum Gasteiger partial charge on any atom is 0.284 e. The van der Waals surface area contributed by atoms with E-state index in [1.807, 2.05) is 48.5 Å². The Morgan fingerprint density at radius 1 is 1.04 bits per heavy atom. The van der Waals surface area contributed by atoms with Gasteiger partial charge in [0.2, 0.25) is 0 Å². The van der Waals surface area contributed by atoms with Gasteiger partial charge in [0, 0.05) is 21.9 Å². The summed E-state index contributed by atoms with van der Waals surface area (Å²) in [5.41, 5.74) is 4.39. The molecule has 0 unspecified atom stereocenters. The molecule has 0 aliphatic heterocycles. The molecule has 0 fully saturated rings. The van der Waals surface area contributed by atoms with Gasteiger partial charge >= 0.3 is 0 Å². The summed E-state index contributed by atoms with van der Waals surface area (Å²) in [6.45, 7) is 0. The van der Waals surface area contributed by atoms with Crippen LogP contribution in [0.4, 0.5) is 0 Å². The molecular weight excluding hydrogens is 360 g/mol. The van der Waals surface area contributed by atoms with Crippen LogP contribution in [0.2, 0.25) is 0 Å². The van der Waals surface area contributed by atoms with Gasteiger partial charge in [-0.1, -0.05) is 18.2 Å². The monoisotopic (exact) mass is 374 g/mol. The van der Waals surface area contributed by atoms with Crippen LogP contribution >= 0.6 is 12.2 Å². The van der Waals surface area contributed by atoms with Crippen LogP contribution in [0.15, 0.2) is 59.0 Å². The zero-order valence-electron chi connectivity index (χ0n) is 14.3. The summed E-state index contributed by atoms with van der Waals surface area (Å²) >= 11 is 5.01. The van der Waals surface area contributed by atoms with E-state index in [2.05, 4.69) is 21.2 Å². The molecule has 0 bridgehead atoms. The Labute approximate surface area is 158 Å². The van der Waals surface area contributed by atoms with E-state index in [1.165, 1.54) is 0 Å². The van der Waals surface area contributed by atoms with Crippen molar-refractivity contribution >= 4 is 34.0 Å². The number of nitrogens with one attached hydrogen (secondary N) is 2. The van der Waals surface area contributed by atoms with Gasteiger partial charge in [0.15, 0.2) is 0 Å². The van der Waals surface area contributed by atoms with Crippen molar-refractivity contribution in [1.82, 2.24) is 20.2 Å². The molecule has 3 heterocycles. The second kappa shape index (κ2) is 6.07. The highest BCUT2D eigenvalue weighted by atomic mass is 32.1. The van der Waals surface area contributed by atoms with E-state index >= 15 is 0 Å². The summed E-state index contributed by atoms with van der Waals surface area (Å²) in [5.74, 6) is 1.16. The first-order chi connectivity index (χ1) is 13.2. The van der Waals surface area contributed by atoms with Crippen molar-refractivity contribution in [1.29, 1.82) is 0 Å². The lowest BCUT2D eigenvalue weighted by atomic mass is 10.1. The largest absolute Gasteiger partial charge is 0.497 e. The number of H-pyrrole nitrogens is 2. The Hall–Kier alpha value is -3.45. The molecule has 7 heteroatoms. The molecule has 5 rings (SSSR count). The van der Waals surface area contributed by atoms with E-state index in [0.29, 0.717) is 11.6 Å². The Kier molecular flexibility index (Phi) is 3.54. The van der Waals surface area contributed by atoms with Crippen LogP contribution in [0.1, 0.15) is 0 Å². The van der Waals surface area contributed by atoms with Crippen molar-refractivity contribution < 1.29 is 9.15 Å². The topological polar surface area (TPSA) is 79.7 Å². The highest BCUT2D eigenvalue weighted by Gasteiger charge is 2.16. The fourth-order valence-corrected chi connectivity index (χ4v) is 3.38. The van der Waals surface area contributed by atoms with Crippen molar-refractivity contribution in [3.63, 3.8) is 0 Å². The van der Waals surface area contributed by atoms with Crippen LogP contribution in [0, 0.1) is 4.84 Å². The van der Waals surface area contributed by atoms with Crippen molar-refractivity contribution in [3.8, 4) is 28.6 Å². The number of aromatic amines is 2. The third-order valence-electron chi connectivity index (χ3n) is 4.52. The Morgan fingerprint density at radius 2 is 1.85 bits per heavy atom. The first kappa shape index (κ1) is 15.8. The van der Waals surface area contributed by atoms with Crippen LogP contribution in [0.5, 0.6) is 5.75 Å². The quantitative estimate of drug-likeness (QED) is 0.429. The Bertz CT molecular complexity index is 1330. The number of hydrogen-bond donors (Lipinski definition) is 2. The number of rotatable bonds is 3. The minimum atomic E-state index is 0.219. The van der Waals surface area contributed by atoms with Gasteiger partial charge in [-0.15, -0.1) is 5.10 Å². The summed E-state index contributed by atoms with van der Waals surface area (Å²) in [5, 5.41) is 8.94. The van der Waals surface area contributed by atoms with Crippen LogP contribution in [0.3, 0.4) is 0 Å². The number of methoxy groups -OCH3 is 1. The molecule has 6 nitrogen and oxygen atoms in total. The van der Waals surface area contributed by atoms with Gasteiger partial charge in [-0.05, 0) is 48.6 Å². The average molecular weight is 374 g/mol. The molecule has 0 atom stereocenters. The fourth-order valence-electron chi connectivity index (χ4n) is 3.25. The molecule has 2 N–H and O–H groups in total. The number of hydrogen-bond acceptors (Lipinski definition) is 5. The number of nitrogens with zero attached hydrogens (tertiary/aromatic N) is 2. The summed E-state index contributed by atoms with van der Waals surface area (Å²) in [6, 6.07) is 17.9. The second-order valence-corrected chi connectivity index (χ2v) is 6.47. The Balaban J connectivity index is 1.84. The minimum absolute atomic E-state index is 0.219. The van der Waals surface area contributed by atoms with Crippen molar-refractivity contribution in [3.05, 3.63) is 59.4 Å².